The van der Waals surface area contributed by atoms with E-state index in [4.69, 9.17) is 49.6 Å². The maximum absolute atomic E-state index is 13.0. The highest BCUT2D eigenvalue weighted by molar-refractivity contribution is 8.00. The molecule has 11 aromatic rings. The van der Waals surface area contributed by atoms with Gasteiger partial charge in [0.25, 0.3) is 16.8 Å². The van der Waals surface area contributed by atoms with Crippen molar-refractivity contribution in [3.8, 4) is 23.9 Å². The topological polar surface area (TPSA) is 394 Å². The second-order valence-electron chi connectivity index (χ2n) is 28.1. The van der Waals surface area contributed by atoms with Crippen LogP contribution >= 0.6 is 57.4 Å². The second-order valence-corrected chi connectivity index (χ2v) is 32.4. The molecule has 0 fully saturated rings. The molecule has 0 unspecified atom stereocenters. The summed E-state index contributed by atoms with van der Waals surface area (Å²) in [5, 5.41) is 30.3. The summed E-state index contributed by atoms with van der Waals surface area (Å²) in [7, 11) is 34.2. The first-order valence-electron chi connectivity index (χ1n) is 36.2. The van der Waals surface area contributed by atoms with Crippen LogP contribution in [0.15, 0.2) is 98.0 Å². The van der Waals surface area contributed by atoms with E-state index in [1.807, 2.05) is 222 Å². The van der Waals surface area contributed by atoms with E-state index in [0.29, 0.717) is 53.4 Å². The maximum atomic E-state index is 13.0. The smallest absolute Gasteiger partial charge is 0.350 e. The number of allylic oxidation sites excluding steroid dienone is 1. The molecule has 1 aromatic carbocycles. The SMILES string of the molecule is COC(=O)CSc1nc(C)cc(N(C)C)c1C#N.COC(=O)c1sc2nc(C)cc(N(C)C)c2c1N.COC(=O)c1sc2nc(C)cc(N(C)C)c2c1N=CN(C)C.Cc1cc(N(C)C)c(C#N)c(=O)[nH]1.Cc1cc(N(C)C)c(C#N)c(Cl)n1.Cc1ccc(-n2cnc3c(sc4nc(C)cc(N(C)C)c43)c2=O)cc1.[C-]#[N+]/C(C(N)=O)=C(/C)N(C)C. The summed E-state index contributed by atoms with van der Waals surface area (Å²) in [4.78, 5) is 125. The van der Waals surface area contributed by atoms with Crippen LogP contribution in [0, 0.1) is 89.0 Å². The van der Waals surface area contributed by atoms with Crippen LogP contribution in [0.1, 0.15) is 82.7 Å². The van der Waals surface area contributed by atoms with Crippen LogP contribution in [0.4, 0.5) is 45.5 Å². The number of nitrogens with one attached hydrogen (secondary N) is 1. The fourth-order valence-corrected chi connectivity index (χ4v) is 15.4. The van der Waals surface area contributed by atoms with Gasteiger partial charge >= 0.3 is 17.9 Å². The van der Waals surface area contributed by atoms with Crippen LogP contribution in [0.5, 0.6) is 0 Å². The number of thiophene rings is 3. The van der Waals surface area contributed by atoms with Crippen molar-refractivity contribution in [1.29, 1.82) is 15.8 Å². The van der Waals surface area contributed by atoms with Gasteiger partial charge in [0, 0.05) is 153 Å². The number of methoxy groups -OCH3 is 3. The number of aryl methyl sites for hydroxylation is 7. The van der Waals surface area contributed by atoms with Gasteiger partial charge in [-0.05, 0) is 104 Å². The minimum Gasteiger partial charge on any atom is -0.468 e. The Labute approximate surface area is 719 Å². The zero-order valence-electron chi connectivity index (χ0n) is 72.4. The van der Waals surface area contributed by atoms with E-state index in [2.05, 4.69) is 55.5 Å². The highest BCUT2D eigenvalue weighted by Crippen LogP contribution is 2.44. The average molecular weight is 1730 g/mol. The third kappa shape index (κ3) is 24.8. The predicted octanol–water partition coefficient (Wildman–Crippen LogP) is 12.8. The number of H-pyrrole nitrogens is 1. The van der Waals surface area contributed by atoms with Crippen LogP contribution in [0.2, 0.25) is 5.15 Å². The van der Waals surface area contributed by atoms with Crippen molar-refractivity contribution >= 4 is 174 Å². The van der Waals surface area contributed by atoms with Crippen molar-refractivity contribution in [3.05, 3.63) is 182 Å². The highest BCUT2D eigenvalue weighted by atomic mass is 35.5. The molecule has 0 radical (unpaired) electrons. The molecule has 10 heterocycles. The number of amides is 1. The molecule has 0 saturated heterocycles. The number of halogens is 1. The number of thioether (sulfide) groups is 1. The Balaban J connectivity index is 0.000000254. The maximum Gasteiger partial charge on any atom is 0.350 e. The number of nitrogen functional groups attached to an aromatic ring is 1. The normalized spacial score (nSPS) is 10.6. The summed E-state index contributed by atoms with van der Waals surface area (Å²) in [5.74, 6) is -1.67. The summed E-state index contributed by atoms with van der Waals surface area (Å²) in [6.07, 6.45) is 3.29. The molecular weight excluding hydrogens is 1630 g/mol. The lowest BCUT2D eigenvalue weighted by molar-refractivity contribution is -0.137. The van der Waals surface area contributed by atoms with Gasteiger partial charge in [0.05, 0.1) is 102 Å². The monoisotopic (exact) mass is 1730 g/mol. The third-order valence-corrected chi connectivity index (χ3v) is 21.4. The minimum absolute atomic E-state index is 0.00463. The number of aromatic nitrogens is 8. The Hall–Kier alpha value is -13.0. The number of carbonyl (C=O) groups excluding carboxylic acids is 4. The number of ether oxygens (including phenoxy) is 3. The molecule has 32 nitrogen and oxygen atoms in total. The molecule has 120 heavy (non-hydrogen) atoms. The lowest BCUT2D eigenvalue weighted by atomic mass is 10.2. The van der Waals surface area contributed by atoms with E-state index >= 15 is 0 Å². The van der Waals surface area contributed by atoms with Crippen molar-refractivity contribution < 1.29 is 33.4 Å². The summed E-state index contributed by atoms with van der Waals surface area (Å²) in [6, 6.07) is 25.4. The molecule has 0 bridgehead atoms. The number of pyridine rings is 6. The predicted molar refractivity (Wildman–Crippen MR) is 487 cm³/mol. The molecular formula is C83H100ClN23O9S4. The molecule has 1 amide bonds. The van der Waals surface area contributed by atoms with Gasteiger partial charge in [-0.3, -0.25) is 23.7 Å². The Kier molecular flexibility index (Phi) is 35.8. The van der Waals surface area contributed by atoms with Gasteiger partial charge in [-0.25, -0.2) is 49.3 Å². The molecule has 10 aromatic heterocycles. The zero-order valence-corrected chi connectivity index (χ0v) is 76.4. The molecule has 0 aliphatic rings. The average Bonchev–Trinajstić information content (AvgIpc) is 1.56. The fourth-order valence-electron chi connectivity index (χ4n) is 11.0. The van der Waals surface area contributed by atoms with Crippen molar-refractivity contribution in [2.45, 2.75) is 60.4 Å². The van der Waals surface area contributed by atoms with Gasteiger partial charge < -0.3 is 69.9 Å². The quantitative estimate of drug-likeness (QED) is 0.0118. The number of benzene rings is 1. The largest absolute Gasteiger partial charge is 0.468 e. The van der Waals surface area contributed by atoms with Gasteiger partial charge in [-0.2, -0.15) is 15.8 Å². The first-order chi connectivity index (χ1) is 56.4. The van der Waals surface area contributed by atoms with Crippen molar-refractivity contribution in [3.63, 3.8) is 0 Å². The number of nitrogens with two attached hydrogens (primary N) is 2. The Bertz CT molecular complexity index is 5970. The van der Waals surface area contributed by atoms with E-state index in [9.17, 15) is 34.0 Å². The number of rotatable bonds is 16. The summed E-state index contributed by atoms with van der Waals surface area (Å²) < 4.78 is 16.4. The number of primary amides is 1. The van der Waals surface area contributed by atoms with E-state index in [0.717, 1.165) is 110 Å². The van der Waals surface area contributed by atoms with Gasteiger partial charge in [0.2, 0.25) is 5.91 Å². The number of hydrogen-bond acceptors (Lipinski definition) is 31. The molecule has 37 heteroatoms. The number of fused-ring (bicyclic) bond motifs is 5. The summed E-state index contributed by atoms with van der Waals surface area (Å²) >= 11 is 11.0. The molecule has 632 valence electrons. The highest BCUT2D eigenvalue weighted by Gasteiger charge is 2.26. The van der Waals surface area contributed by atoms with Crippen molar-refractivity contribution in [2.24, 2.45) is 10.7 Å². The number of esters is 3. The molecule has 0 atom stereocenters. The second kappa shape index (κ2) is 44.0. The minimum atomic E-state index is -0.675. The lowest BCUT2D eigenvalue weighted by Crippen LogP contribution is -2.19. The third-order valence-electron chi connectivity index (χ3n) is 16.9. The molecule has 0 saturated carbocycles. The molecule has 11 rings (SSSR count). The number of aromatic amines is 1. The van der Waals surface area contributed by atoms with Gasteiger partial charge in [-0.1, -0.05) is 41.1 Å². The van der Waals surface area contributed by atoms with Crippen molar-refractivity contribution in [2.75, 3.05) is 175 Å². The first-order valence-corrected chi connectivity index (χ1v) is 40.0. The van der Waals surface area contributed by atoms with Crippen LogP contribution in [0.25, 0.3) is 51.4 Å². The molecule has 0 aliphatic heterocycles. The van der Waals surface area contributed by atoms with Gasteiger partial charge in [0.1, 0.15) is 91.6 Å². The van der Waals surface area contributed by atoms with Gasteiger partial charge in [0.15, 0.2) is 0 Å². The zero-order chi connectivity index (χ0) is 90.3. The number of nitriles is 3. The first kappa shape index (κ1) is 97.6. The molecule has 0 aliphatic carbocycles. The Morgan fingerprint density at radius 2 is 1.03 bits per heavy atom. The van der Waals surface area contributed by atoms with Crippen LogP contribution < -0.4 is 52.0 Å². The summed E-state index contributed by atoms with van der Waals surface area (Å²) in [6.45, 7) is 21.7. The van der Waals surface area contributed by atoms with Crippen LogP contribution in [-0.4, -0.2) is 219 Å². The van der Waals surface area contributed by atoms with E-state index < -0.39 is 17.8 Å². The van der Waals surface area contributed by atoms with Crippen molar-refractivity contribution in [1.82, 2.24) is 49.3 Å². The standard InChI is InChI=1S/C19H18N4OS.C15H20N4O2S.2C12H15N3O2S.C9H10ClN3.C9H11N3O.C7H11N3O/c1-11-5-7-13(8-6-11)23-10-20-16-15-14(22(3)4)9-12(2)21-18(15)25-17(16)19(23)24;1-9-7-10(19(4)5)11-12(16-8-18(2)3)13(15(20)21-6)22-14(11)17-9;1-6-5-7(15(2)3)8-9(13)10(12(16)17-4)18-11(8)14-6;1-8-5-10(15(2)3)9(6-13)12(14-8)18-7-11(16)17-4;1-6-4-8(13(2)3)7(5-11)9(10)12-6;1-6-4-8(12(2)3)7(5-10)9(13)11-6;1-5(10(3)4)6(9-2)7(8)11/h5-10H,1-4H3;7-8H,1-6H3;5H,13H2,1-4H3;5H,7H2,1-4H3;4H,1-3H3;4H,1-3H3,(H,11,13);1,3-4H3,(H2,8,11)/b;;;;;;6-5-. The van der Waals surface area contributed by atoms with Crippen LogP contribution in [-0.2, 0) is 23.8 Å². The number of aliphatic imine (C=N–C) groups is 1. The number of carbonyl (C=O) groups is 4. The van der Waals surface area contributed by atoms with E-state index in [1.54, 1.807) is 75.1 Å². The Morgan fingerprint density at radius 3 is 1.48 bits per heavy atom. The fraction of sp³-hybridized carbons (Fsp3) is 0.337. The summed E-state index contributed by atoms with van der Waals surface area (Å²) in [5.41, 5.74) is 26.4. The number of nitrogens with zero attached hydrogens (tertiary/aromatic N) is 20. The Morgan fingerprint density at radius 1 is 0.600 bits per heavy atom. The van der Waals surface area contributed by atoms with E-state index in [-0.39, 0.29) is 39.3 Å². The van der Waals surface area contributed by atoms with E-state index in [1.165, 1.54) is 67.1 Å². The lowest BCUT2D eigenvalue weighted by Gasteiger charge is -2.16. The number of anilines is 7. The van der Waals surface area contributed by atoms with Gasteiger partial charge in [-0.15, -0.1) is 34.0 Å². The molecule has 5 N–H and O–H groups in total. The molecule has 0 spiro atoms. The number of hydrogen-bond donors (Lipinski definition) is 3. The van der Waals surface area contributed by atoms with Crippen LogP contribution in [0.3, 0.4) is 0 Å².